The summed E-state index contributed by atoms with van der Waals surface area (Å²) >= 11 is 0. The van der Waals surface area contributed by atoms with Gasteiger partial charge in [0.1, 0.15) is 11.5 Å². The van der Waals surface area contributed by atoms with Gasteiger partial charge in [-0.15, -0.1) is 0 Å². The van der Waals surface area contributed by atoms with E-state index < -0.39 is 5.41 Å². The molecule has 0 bridgehead atoms. The van der Waals surface area contributed by atoms with Crippen LogP contribution in [0.1, 0.15) is 95.3 Å². The van der Waals surface area contributed by atoms with Crippen molar-refractivity contribution in [3.63, 3.8) is 0 Å². The zero-order chi connectivity index (χ0) is 38.0. The van der Waals surface area contributed by atoms with Gasteiger partial charge >= 0.3 is 0 Å². The first-order valence-corrected chi connectivity index (χ1v) is 19.5. The Morgan fingerprint density at radius 3 is 1.27 bits per heavy atom. The molecule has 1 aliphatic carbocycles. The lowest BCUT2D eigenvalue weighted by atomic mass is 9.67. The fourth-order valence-corrected chi connectivity index (χ4v) is 7.66. The van der Waals surface area contributed by atoms with Crippen LogP contribution in [0, 0.1) is 0 Å². The number of fused-ring (bicyclic) bond motifs is 3. The number of carbonyl (C=O) groups is 2. The Balaban J connectivity index is 1.19. The predicted octanol–water partition coefficient (Wildman–Crippen LogP) is 11.7. The Kier molecular flexibility index (Phi) is 11.7. The van der Waals surface area contributed by atoms with Gasteiger partial charge in [0.15, 0.2) is 0 Å². The van der Waals surface area contributed by atoms with E-state index in [1.807, 2.05) is 60.7 Å². The first kappa shape index (κ1) is 37.2. The van der Waals surface area contributed by atoms with Crippen molar-refractivity contribution >= 4 is 23.2 Å². The minimum Gasteiger partial charge on any atom is -0.493 e. The number of unbranched alkanes of at least 4 members (excludes halogenated alkanes) is 4. The van der Waals surface area contributed by atoms with Crippen molar-refractivity contribution in [1.82, 2.24) is 0 Å². The van der Waals surface area contributed by atoms with Gasteiger partial charge in [-0.3, -0.25) is 9.59 Å². The number of anilines is 2. The summed E-state index contributed by atoms with van der Waals surface area (Å²) in [5, 5.41) is 6.20. The molecule has 0 saturated carbocycles. The van der Waals surface area contributed by atoms with Gasteiger partial charge in [0, 0.05) is 11.4 Å². The van der Waals surface area contributed by atoms with E-state index in [4.69, 9.17) is 9.47 Å². The Morgan fingerprint density at radius 2 is 0.855 bits per heavy atom. The normalized spacial score (nSPS) is 12.3. The molecule has 0 radical (unpaired) electrons. The first-order chi connectivity index (χ1) is 27.0. The Bertz CT molecular complexity index is 2080. The summed E-state index contributed by atoms with van der Waals surface area (Å²) in [6, 6.07) is 48.2. The molecule has 6 aromatic rings. The van der Waals surface area contributed by atoms with Crippen molar-refractivity contribution in [1.29, 1.82) is 0 Å². The van der Waals surface area contributed by atoms with E-state index >= 15 is 0 Å². The Morgan fingerprint density at radius 1 is 0.473 bits per heavy atom. The lowest BCUT2D eigenvalue weighted by Crippen LogP contribution is -2.28. The van der Waals surface area contributed by atoms with Crippen LogP contribution in [0.4, 0.5) is 11.4 Å². The van der Waals surface area contributed by atoms with E-state index in [2.05, 4.69) is 97.3 Å². The second-order valence-electron chi connectivity index (χ2n) is 14.0. The third-order valence-corrected chi connectivity index (χ3v) is 10.4. The second kappa shape index (κ2) is 17.3. The third-order valence-electron chi connectivity index (χ3n) is 10.4. The lowest BCUT2D eigenvalue weighted by molar-refractivity contribution is 0.101. The van der Waals surface area contributed by atoms with Gasteiger partial charge in [0.2, 0.25) is 0 Å². The van der Waals surface area contributed by atoms with E-state index in [1.54, 1.807) is 12.1 Å². The van der Waals surface area contributed by atoms with E-state index in [9.17, 15) is 9.59 Å². The second-order valence-corrected chi connectivity index (χ2v) is 14.0. The van der Waals surface area contributed by atoms with Gasteiger partial charge in [0.25, 0.3) is 11.8 Å². The molecule has 6 aromatic carbocycles. The molecule has 0 heterocycles. The third kappa shape index (κ3) is 7.76. The maximum Gasteiger partial charge on any atom is 0.259 e. The fraction of sp³-hybridized carbons (Fsp3) is 0.224. The zero-order valence-electron chi connectivity index (χ0n) is 31.6. The van der Waals surface area contributed by atoms with E-state index in [0.717, 1.165) is 49.7 Å². The van der Waals surface area contributed by atoms with Crippen molar-refractivity contribution < 1.29 is 19.1 Å². The molecule has 0 aromatic heterocycles. The molecular formula is C49H48N2O4. The highest BCUT2D eigenvalue weighted by Gasteiger charge is 2.45. The number of ether oxygens (including phenoxy) is 2. The first-order valence-electron chi connectivity index (χ1n) is 19.5. The number of hydrogen-bond donors (Lipinski definition) is 2. The van der Waals surface area contributed by atoms with Gasteiger partial charge in [-0.05, 0) is 94.8 Å². The van der Waals surface area contributed by atoms with Gasteiger partial charge in [0.05, 0.1) is 29.8 Å². The van der Waals surface area contributed by atoms with Crippen LogP contribution in [0.2, 0.25) is 0 Å². The van der Waals surface area contributed by atoms with E-state index in [1.165, 1.54) is 22.3 Å². The fourth-order valence-electron chi connectivity index (χ4n) is 7.66. The van der Waals surface area contributed by atoms with Crippen molar-refractivity contribution in [2.45, 2.75) is 57.8 Å². The number of para-hydroxylation sites is 2. The van der Waals surface area contributed by atoms with Crippen molar-refractivity contribution in [2.24, 2.45) is 0 Å². The summed E-state index contributed by atoms with van der Waals surface area (Å²) in [5.74, 6) is 0.748. The van der Waals surface area contributed by atoms with Crippen molar-refractivity contribution in [3.05, 3.63) is 179 Å². The number of nitrogens with one attached hydrogen (secondary N) is 2. The monoisotopic (exact) mass is 728 g/mol. The van der Waals surface area contributed by atoms with Crippen LogP contribution in [0.15, 0.2) is 146 Å². The predicted molar refractivity (Wildman–Crippen MR) is 223 cm³/mol. The molecule has 0 atom stereocenters. The van der Waals surface area contributed by atoms with Crippen LogP contribution in [-0.4, -0.2) is 25.0 Å². The standard InChI is InChI=1S/C49H48N2O4/c1-3-5-15-33-54-45-23-13-9-19-41(45)47(52)50-37-29-25-35(26-30-37)49(43-21-11-7-17-39(43)40-18-8-12-22-44(40)49)36-27-31-38(32-28-36)51-48(53)42-20-10-14-24-46(42)55-34-16-6-4-2/h7-14,17-32H,3-6,15-16,33-34H2,1-2H3,(H,50,52)(H,51,53). The number of rotatable bonds is 16. The summed E-state index contributed by atoms with van der Waals surface area (Å²) in [4.78, 5) is 27.1. The molecule has 0 unspecified atom stereocenters. The van der Waals surface area contributed by atoms with Gasteiger partial charge in [-0.2, -0.15) is 0 Å². The molecule has 7 rings (SSSR count). The Hall–Kier alpha value is -6.14. The van der Waals surface area contributed by atoms with Crippen LogP contribution in [0.5, 0.6) is 11.5 Å². The van der Waals surface area contributed by atoms with Gasteiger partial charge < -0.3 is 20.1 Å². The summed E-state index contributed by atoms with van der Waals surface area (Å²) in [6.07, 6.45) is 6.28. The number of hydrogen-bond acceptors (Lipinski definition) is 4. The highest BCUT2D eigenvalue weighted by molar-refractivity contribution is 6.07. The largest absolute Gasteiger partial charge is 0.493 e. The maximum atomic E-state index is 13.5. The summed E-state index contributed by atoms with van der Waals surface area (Å²) in [5.41, 5.74) is 8.59. The number of amides is 2. The molecule has 55 heavy (non-hydrogen) atoms. The molecule has 1 aliphatic rings. The van der Waals surface area contributed by atoms with Gasteiger partial charge in [-0.25, -0.2) is 0 Å². The molecule has 2 N–H and O–H groups in total. The Labute approximate surface area is 324 Å². The van der Waals surface area contributed by atoms with Crippen LogP contribution in [-0.2, 0) is 5.41 Å². The van der Waals surface area contributed by atoms with E-state index in [-0.39, 0.29) is 11.8 Å². The smallest absolute Gasteiger partial charge is 0.259 e. The minimum atomic E-state index is -0.643. The zero-order valence-corrected chi connectivity index (χ0v) is 31.6. The molecular weight excluding hydrogens is 681 g/mol. The molecule has 6 heteroatoms. The van der Waals surface area contributed by atoms with Gasteiger partial charge in [-0.1, -0.05) is 137 Å². The van der Waals surface area contributed by atoms with Crippen LogP contribution in [0.3, 0.4) is 0 Å². The van der Waals surface area contributed by atoms with Crippen molar-refractivity contribution in [2.75, 3.05) is 23.8 Å². The summed E-state index contributed by atoms with van der Waals surface area (Å²) < 4.78 is 12.0. The number of carbonyl (C=O) groups excluding carboxylic acids is 2. The highest BCUT2D eigenvalue weighted by Crippen LogP contribution is 2.56. The SMILES string of the molecule is CCCCCOc1ccccc1C(=O)Nc1ccc(C2(c3ccc(NC(=O)c4ccccc4OCCCCC)cc3)c3ccccc3-c3ccccc32)cc1. The van der Waals surface area contributed by atoms with Crippen molar-refractivity contribution in [3.8, 4) is 22.6 Å². The van der Waals surface area contributed by atoms with Crippen LogP contribution in [0.25, 0.3) is 11.1 Å². The molecule has 0 spiro atoms. The summed E-state index contributed by atoms with van der Waals surface area (Å²) in [6.45, 7) is 5.47. The topological polar surface area (TPSA) is 76.7 Å². The minimum absolute atomic E-state index is 0.214. The average Bonchev–Trinajstić information content (AvgIpc) is 3.53. The van der Waals surface area contributed by atoms with E-state index in [0.29, 0.717) is 47.2 Å². The van der Waals surface area contributed by atoms with Crippen LogP contribution < -0.4 is 20.1 Å². The maximum absolute atomic E-state index is 13.5. The molecule has 2 amide bonds. The lowest BCUT2D eigenvalue weighted by Gasteiger charge is -2.34. The highest BCUT2D eigenvalue weighted by atomic mass is 16.5. The molecule has 0 fully saturated rings. The number of benzene rings is 6. The quantitative estimate of drug-likeness (QED) is 0.0971. The molecule has 0 aliphatic heterocycles. The average molecular weight is 729 g/mol. The molecule has 6 nitrogen and oxygen atoms in total. The summed E-state index contributed by atoms with van der Waals surface area (Å²) in [7, 11) is 0. The molecule has 0 saturated heterocycles. The molecule has 278 valence electrons. The van der Waals surface area contributed by atoms with Crippen LogP contribution >= 0.6 is 0 Å².